The van der Waals surface area contributed by atoms with Crippen molar-refractivity contribution in [2.75, 3.05) is 0 Å². The summed E-state index contributed by atoms with van der Waals surface area (Å²) in [5.41, 5.74) is 0.634. The van der Waals surface area contributed by atoms with E-state index in [-0.39, 0.29) is 17.6 Å². The van der Waals surface area contributed by atoms with Crippen molar-refractivity contribution in [3.05, 3.63) is 0 Å². The van der Waals surface area contributed by atoms with E-state index < -0.39 is 0 Å². The maximum absolute atomic E-state index is 10.5. The van der Waals surface area contributed by atoms with Crippen LogP contribution in [0.5, 0.6) is 0 Å². The molecule has 0 saturated heterocycles. The van der Waals surface area contributed by atoms with E-state index in [0.29, 0.717) is 11.3 Å². The molecular weight excluding hydrogens is 272 g/mol. The molecule has 2 nitrogen and oxygen atoms in total. The molecule has 22 heavy (non-hydrogen) atoms. The van der Waals surface area contributed by atoms with Crippen LogP contribution >= 0.6 is 0 Å². The predicted molar refractivity (Wildman–Crippen MR) is 88.3 cm³/mol. The van der Waals surface area contributed by atoms with Crippen LogP contribution in [0.3, 0.4) is 0 Å². The Kier molecular flexibility index (Phi) is 3.48. The summed E-state index contributed by atoms with van der Waals surface area (Å²) < 4.78 is 0. The Labute approximate surface area is 135 Å². The Morgan fingerprint density at radius 3 is 2.23 bits per heavy atom. The smallest absolute Gasteiger partial charge is 0.0596 e. The molecule has 0 radical (unpaired) electrons. The van der Waals surface area contributed by atoms with Crippen molar-refractivity contribution in [3.8, 4) is 0 Å². The molecule has 2 heteroatoms. The van der Waals surface area contributed by atoms with Crippen LogP contribution in [-0.2, 0) is 0 Å². The number of fused-ring (bicyclic) bond motifs is 5. The first-order chi connectivity index (χ1) is 10.4. The minimum atomic E-state index is -0.0625. The SMILES string of the molecule is C[C@@H]1C[C@@H]2[C@H](CC[C@]3(C)[C@H](O)CC[C@@H]23)[C@@]2(C)CC[C@@H](O)C[C@H]12. The Morgan fingerprint density at radius 2 is 1.45 bits per heavy atom. The average molecular weight is 306 g/mol. The lowest BCUT2D eigenvalue weighted by Crippen LogP contribution is -2.56. The van der Waals surface area contributed by atoms with E-state index in [1.807, 2.05) is 0 Å². The standard InChI is InChI=1S/C20H34O2/c1-12-10-14-15-4-5-18(22)20(15,3)9-7-16(14)19(2)8-6-13(21)11-17(12)19/h12-18,21-22H,4-11H2,1-3H3/t12-,13-,14+,15+,16+,17-,18-,19-,20+/m1/s1. The molecule has 0 heterocycles. The molecule has 4 aliphatic rings. The largest absolute Gasteiger partial charge is 0.393 e. The number of rotatable bonds is 0. The van der Waals surface area contributed by atoms with Crippen LogP contribution in [0.2, 0.25) is 0 Å². The molecule has 4 fully saturated rings. The first-order valence-electron chi connectivity index (χ1n) is 9.72. The monoisotopic (exact) mass is 306 g/mol. The van der Waals surface area contributed by atoms with Gasteiger partial charge >= 0.3 is 0 Å². The van der Waals surface area contributed by atoms with Gasteiger partial charge in [-0.1, -0.05) is 20.8 Å². The van der Waals surface area contributed by atoms with E-state index in [4.69, 9.17) is 0 Å². The average Bonchev–Trinajstić information content (AvgIpc) is 2.77. The first-order valence-corrected chi connectivity index (χ1v) is 9.72. The Hall–Kier alpha value is -0.0800. The molecule has 126 valence electrons. The molecule has 0 amide bonds. The van der Waals surface area contributed by atoms with Gasteiger partial charge in [0.05, 0.1) is 12.2 Å². The fourth-order valence-corrected chi connectivity index (χ4v) is 7.69. The summed E-state index contributed by atoms with van der Waals surface area (Å²) in [6, 6.07) is 0. The molecular formula is C20H34O2. The third-order valence-electron chi connectivity index (χ3n) is 8.95. The van der Waals surface area contributed by atoms with Crippen LogP contribution in [0.25, 0.3) is 0 Å². The summed E-state index contributed by atoms with van der Waals surface area (Å²) in [4.78, 5) is 0. The number of hydrogen-bond acceptors (Lipinski definition) is 2. The van der Waals surface area contributed by atoms with Gasteiger partial charge in [-0.05, 0) is 91.8 Å². The molecule has 4 rings (SSSR count). The van der Waals surface area contributed by atoms with Gasteiger partial charge in [0.1, 0.15) is 0 Å². The lowest BCUT2D eigenvalue weighted by Gasteiger charge is -2.62. The molecule has 0 aromatic rings. The second-order valence-electron chi connectivity index (χ2n) is 9.77. The highest BCUT2D eigenvalue weighted by molar-refractivity contribution is 5.10. The van der Waals surface area contributed by atoms with Gasteiger partial charge in [-0.2, -0.15) is 0 Å². The van der Waals surface area contributed by atoms with Gasteiger partial charge in [0, 0.05) is 0 Å². The third kappa shape index (κ3) is 1.92. The van der Waals surface area contributed by atoms with Gasteiger partial charge in [-0.15, -0.1) is 0 Å². The Bertz CT molecular complexity index is 449. The summed E-state index contributed by atoms with van der Waals surface area (Å²) in [5.74, 6) is 3.86. The van der Waals surface area contributed by atoms with Gasteiger partial charge in [0.2, 0.25) is 0 Å². The highest BCUT2D eigenvalue weighted by Crippen LogP contribution is 2.67. The summed E-state index contributed by atoms with van der Waals surface area (Å²) >= 11 is 0. The second-order valence-corrected chi connectivity index (χ2v) is 9.77. The summed E-state index contributed by atoms with van der Waals surface area (Å²) in [6.45, 7) is 7.36. The molecule has 4 aliphatic carbocycles. The van der Waals surface area contributed by atoms with Gasteiger partial charge < -0.3 is 10.2 Å². The van der Waals surface area contributed by atoms with Crippen LogP contribution in [0.4, 0.5) is 0 Å². The van der Waals surface area contributed by atoms with Crippen molar-refractivity contribution in [3.63, 3.8) is 0 Å². The minimum Gasteiger partial charge on any atom is -0.393 e. The van der Waals surface area contributed by atoms with E-state index in [9.17, 15) is 10.2 Å². The maximum atomic E-state index is 10.5. The molecule has 9 atom stereocenters. The van der Waals surface area contributed by atoms with Crippen molar-refractivity contribution in [1.29, 1.82) is 0 Å². The zero-order chi connectivity index (χ0) is 15.7. The van der Waals surface area contributed by atoms with Crippen molar-refractivity contribution in [2.45, 2.75) is 84.3 Å². The Morgan fingerprint density at radius 1 is 0.773 bits per heavy atom. The summed E-state index contributed by atoms with van der Waals surface area (Å²) in [5, 5.41) is 20.7. The number of hydrogen-bond donors (Lipinski definition) is 2. The molecule has 0 aromatic heterocycles. The molecule has 2 N–H and O–H groups in total. The molecule has 0 spiro atoms. The van der Waals surface area contributed by atoms with Crippen LogP contribution in [0.1, 0.15) is 72.1 Å². The van der Waals surface area contributed by atoms with Crippen LogP contribution in [-0.4, -0.2) is 22.4 Å². The van der Waals surface area contributed by atoms with Crippen LogP contribution < -0.4 is 0 Å². The maximum Gasteiger partial charge on any atom is 0.0596 e. The predicted octanol–water partition coefficient (Wildman–Crippen LogP) is 4.00. The number of aliphatic hydroxyl groups is 2. The zero-order valence-corrected chi connectivity index (χ0v) is 14.6. The normalized spacial score (nSPS) is 61.2. The fraction of sp³-hybridized carbons (Fsp3) is 1.00. The Balaban J connectivity index is 1.66. The topological polar surface area (TPSA) is 40.5 Å². The summed E-state index contributed by atoms with van der Waals surface area (Å²) in [7, 11) is 0. The number of aliphatic hydroxyl groups excluding tert-OH is 2. The van der Waals surface area contributed by atoms with Gasteiger partial charge in [0.15, 0.2) is 0 Å². The van der Waals surface area contributed by atoms with Gasteiger partial charge in [-0.3, -0.25) is 0 Å². The van der Waals surface area contributed by atoms with Crippen molar-refractivity contribution >= 4 is 0 Å². The van der Waals surface area contributed by atoms with E-state index in [2.05, 4.69) is 20.8 Å². The molecule has 4 saturated carbocycles. The molecule has 0 aliphatic heterocycles. The molecule has 0 aromatic carbocycles. The third-order valence-corrected chi connectivity index (χ3v) is 8.95. The van der Waals surface area contributed by atoms with Crippen LogP contribution in [0, 0.1) is 40.4 Å². The van der Waals surface area contributed by atoms with E-state index in [1.54, 1.807) is 0 Å². The highest BCUT2D eigenvalue weighted by atomic mass is 16.3. The quantitative estimate of drug-likeness (QED) is 0.710. The molecule has 0 bridgehead atoms. The van der Waals surface area contributed by atoms with Gasteiger partial charge in [0.25, 0.3) is 0 Å². The second kappa shape index (κ2) is 4.96. The van der Waals surface area contributed by atoms with Crippen LogP contribution in [0.15, 0.2) is 0 Å². The summed E-state index contributed by atoms with van der Waals surface area (Å²) in [6.07, 6.45) is 9.28. The lowest BCUT2D eigenvalue weighted by atomic mass is 9.43. The fourth-order valence-electron chi connectivity index (χ4n) is 7.69. The van der Waals surface area contributed by atoms with Crippen molar-refractivity contribution < 1.29 is 10.2 Å². The lowest BCUT2D eigenvalue weighted by molar-refractivity contribution is -0.152. The van der Waals surface area contributed by atoms with Gasteiger partial charge in [-0.25, -0.2) is 0 Å². The zero-order valence-electron chi connectivity index (χ0n) is 14.6. The minimum absolute atomic E-state index is 0.0563. The highest BCUT2D eigenvalue weighted by Gasteiger charge is 2.61. The van der Waals surface area contributed by atoms with E-state index in [0.717, 1.165) is 42.9 Å². The van der Waals surface area contributed by atoms with Crippen molar-refractivity contribution in [2.24, 2.45) is 40.4 Å². The molecule has 0 unspecified atom stereocenters. The van der Waals surface area contributed by atoms with E-state index in [1.165, 1.54) is 32.1 Å². The van der Waals surface area contributed by atoms with E-state index >= 15 is 0 Å². The first kappa shape index (κ1) is 15.4. The van der Waals surface area contributed by atoms with Crippen molar-refractivity contribution in [1.82, 2.24) is 0 Å².